The zero-order chi connectivity index (χ0) is 12.4. The third-order valence-corrected chi connectivity index (χ3v) is 3.77. The highest BCUT2D eigenvalue weighted by Crippen LogP contribution is 2.22. The molecule has 0 aliphatic heterocycles. The fraction of sp³-hybridized carbons (Fsp3) is 0.455. The van der Waals surface area contributed by atoms with Crippen molar-refractivity contribution in [3.63, 3.8) is 0 Å². The summed E-state index contributed by atoms with van der Waals surface area (Å²) in [6.07, 6.45) is 2.96. The highest BCUT2D eigenvalue weighted by atomic mass is 32.1. The summed E-state index contributed by atoms with van der Waals surface area (Å²) in [5, 5.41) is 8.61. The summed E-state index contributed by atoms with van der Waals surface area (Å²) in [6, 6.07) is 0. The zero-order valence-corrected chi connectivity index (χ0v) is 11.1. The molecule has 0 bridgehead atoms. The highest BCUT2D eigenvalue weighted by Gasteiger charge is 2.10. The second-order valence-electron chi connectivity index (χ2n) is 3.90. The van der Waals surface area contributed by atoms with Crippen LogP contribution in [-0.2, 0) is 20.0 Å². The molecular formula is C11H17N5S. The molecule has 2 rings (SSSR count). The molecule has 0 unspecified atom stereocenters. The molecule has 0 saturated heterocycles. The molecule has 0 aromatic carbocycles. The number of hydrogen-bond donors (Lipinski definition) is 2. The Morgan fingerprint density at radius 3 is 2.82 bits per heavy atom. The largest absolute Gasteiger partial charge is 0.394 e. The molecule has 0 fully saturated rings. The lowest BCUT2D eigenvalue weighted by Crippen LogP contribution is -2.06. The van der Waals surface area contributed by atoms with Crippen molar-refractivity contribution in [3.8, 4) is 0 Å². The summed E-state index contributed by atoms with van der Waals surface area (Å²) >= 11 is 1.73. The van der Waals surface area contributed by atoms with E-state index in [1.165, 1.54) is 4.88 Å². The van der Waals surface area contributed by atoms with Gasteiger partial charge < -0.3 is 11.1 Å². The number of anilines is 2. The van der Waals surface area contributed by atoms with Gasteiger partial charge in [0.15, 0.2) is 0 Å². The topological polar surface area (TPSA) is 68.8 Å². The SMILES string of the molecule is CCc1cnc(CNc2c(N)c(C)nn2C)s1. The number of nitrogens with zero attached hydrogens (tertiary/aromatic N) is 3. The number of rotatable bonds is 4. The number of hydrogen-bond acceptors (Lipinski definition) is 5. The van der Waals surface area contributed by atoms with Crippen molar-refractivity contribution in [2.75, 3.05) is 11.1 Å². The van der Waals surface area contributed by atoms with Crippen molar-refractivity contribution in [2.45, 2.75) is 26.8 Å². The lowest BCUT2D eigenvalue weighted by atomic mass is 10.4. The first-order chi connectivity index (χ1) is 8.11. The van der Waals surface area contributed by atoms with E-state index < -0.39 is 0 Å². The van der Waals surface area contributed by atoms with E-state index in [4.69, 9.17) is 5.73 Å². The Labute approximate surface area is 105 Å². The van der Waals surface area contributed by atoms with Gasteiger partial charge in [0.05, 0.1) is 17.9 Å². The lowest BCUT2D eigenvalue weighted by Gasteiger charge is -2.05. The molecule has 92 valence electrons. The summed E-state index contributed by atoms with van der Waals surface area (Å²) < 4.78 is 1.76. The average Bonchev–Trinajstić information content (AvgIpc) is 2.84. The molecule has 6 heteroatoms. The van der Waals surface area contributed by atoms with Crippen molar-refractivity contribution < 1.29 is 0 Å². The first kappa shape index (κ1) is 11.9. The molecule has 0 spiro atoms. The first-order valence-electron chi connectivity index (χ1n) is 5.58. The Morgan fingerprint density at radius 1 is 1.53 bits per heavy atom. The Morgan fingerprint density at radius 2 is 2.29 bits per heavy atom. The van der Waals surface area contributed by atoms with E-state index in [2.05, 4.69) is 22.3 Å². The fourth-order valence-electron chi connectivity index (χ4n) is 1.64. The quantitative estimate of drug-likeness (QED) is 0.871. The molecule has 0 aliphatic carbocycles. The summed E-state index contributed by atoms with van der Waals surface area (Å²) in [7, 11) is 1.88. The summed E-state index contributed by atoms with van der Waals surface area (Å²) in [5.74, 6) is 0.857. The molecule has 2 aromatic rings. The van der Waals surface area contributed by atoms with E-state index in [1.807, 2.05) is 20.2 Å². The van der Waals surface area contributed by atoms with E-state index in [0.29, 0.717) is 12.2 Å². The number of nitrogens with one attached hydrogen (secondary N) is 1. The summed E-state index contributed by atoms with van der Waals surface area (Å²) in [6.45, 7) is 4.72. The van der Waals surface area contributed by atoms with Crippen molar-refractivity contribution in [1.29, 1.82) is 0 Å². The minimum Gasteiger partial charge on any atom is -0.394 e. The Balaban J connectivity index is 2.07. The van der Waals surface area contributed by atoms with Gasteiger partial charge in [0.1, 0.15) is 10.8 Å². The van der Waals surface area contributed by atoms with Gasteiger partial charge in [-0.3, -0.25) is 4.68 Å². The van der Waals surface area contributed by atoms with Crippen LogP contribution in [0.3, 0.4) is 0 Å². The Hall–Kier alpha value is -1.56. The smallest absolute Gasteiger partial charge is 0.148 e. The first-order valence-corrected chi connectivity index (χ1v) is 6.40. The molecule has 0 radical (unpaired) electrons. The van der Waals surface area contributed by atoms with Crippen molar-refractivity contribution in [3.05, 3.63) is 21.8 Å². The van der Waals surface area contributed by atoms with Crippen LogP contribution in [0.25, 0.3) is 0 Å². The molecule has 17 heavy (non-hydrogen) atoms. The summed E-state index contributed by atoms with van der Waals surface area (Å²) in [4.78, 5) is 5.66. The van der Waals surface area contributed by atoms with E-state index in [9.17, 15) is 0 Å². The molecular weight excluding hydrogens is 234 g/mol. The maximum absolute atomic E-state index is 5.94. The van der Waals surface area contributed by atoms with Crippen molar-refractivity contribution in [2.24, 2.45) is 7.05 Å². The maximum atomic E-state index is 5.94. The van der Waals surface area contributed by atoms with Crippen LogP contribution < -0.4 is 11.1 Å². The van der Waals surface area contributed by atoms with Crippen molar-refractivity contribution in [1.82, 2.24) is 14.8 Å². The number of nitrogens with two attached hydrogens (primary N) is 1. The number of nitrogen functional groups attached to an aromatic ring is 1. The van der Waals surface area contributed by atoms with Crippen molar-refractivity contribution >= 4 is 22.8 Å². The second-order valence-corrected chi connectivity index (χ2v) is 5.10. The van der Waals surface area contributed by atoms with Gasteiger partial charge in [0.2, 0.25) is 0 Å². The van der Waals surface area contributed by atoms with Crippen LogP contribution in [0.2, 0.25) is 0 Å². The lowest BCUT2D eigenvalue weighted by molar-refractivity contribution is 0.758. The molecule has 3 N–H and O–H groups in total. The van der Waals surface area contributed by atoms with Gasteiger partial charge in [-0.1, -0.05) is 6.92 Å². The number of aryl methyl sites for hydroxylation is 3. The molecule has 2 aromatic heterocycles. The van der Waals surface area contributed by atoms with E-state index in [0.717, 1.165) is 22.9 Å². The average molecular weight is 251 g/mol. The van der Waals surface area contributed by atoms with Gasteiger partial charge >= 0.3 is 0 Å². The Bertz CT molecular complexity index is 514. The van der Waals surface area contributed by atoms with Crippen LogP contribution in [0.4, 0.5) is 11.5 Å². The molecule has 0 amide bonds. The zero-order valence-electron chi connectivity index (χ0n) is 10.3. The van der Waals surface area contributed by atoms with E-state index in [1.54, 1.807) is 16.0 Å². The minimum atomic E-state index is 0.688. The fourth-order valence-corrected chi connectivity index (χ4v) is 2.44. The molecule has 0 saturated carbocycles. The van der Waals surface area contributed by atoms with Crippen LogP contribution in [0.5, 0.6) is 0 Å². The van der Waals surface area contributed by atoms with Gasteiger partial charge in [-0.05, 0) is 13.3 Å². The predicted molar refractivity (Wildman–Crippen MR) is 71.2 cm³/mol. The molecule has 2 heterocycles. The normalized spacial score (nSPS) is 10.8. The van der Waals surface area contributed by atoms with E-state index in [-0.39, 0.29) is 0 Å². The molecule has 0 atom stereocenters. The van der Waals surface area contributed by atoms with Crippen LogP contribution in [-0.4, -0.2) is 14.8 Å². The standard InChI is InChI=1S/C11H17N5S/c1-4-8-5-13-9(17-8)6-14-11-10(12)7(2)15-16(11)3/h5,14H,4,6,12H2,1-3H3. The van der Waals surface area contributed by atoms with Gasteiger partial charge in [0.25, 0.3) is 0 Å². The van der Waals surface area contributed by atoms with Gasteiger partial charge in [-0.25, -0.2) is 4.98 Å². The van der Waals surface area contributed by atoms with Gasteiger partial charge in [-0.15, -0.1) is 11.3 Å². The second kappa shape index (κ2) is 4.75. The van der Waals surface area contributed by atoms with E-state index >= 15 is 0 Å². The maximum Gasteiger partial charge on any atom is 0.148 e. The number of thiazole rings is 1. The van der Waals surface area contributed by atoms with Gasteiger partial charge in [-0.2, -0.15) is 5.10 Å². The highest BCUT2D eigenvalue weighted by molar-refractivity contribution is 7.11. The van der Waals surface area contributed by atoms with Crippen LogP contribution in [0.1, 0.15) is 22.5 Å². The molecule has 0 aliphatic rings. The minimum absolute atomic E-state index is 0.688. The third kappa shape index (κ3) is 2.41. The Kier molecular flexibility index (Phi) is 3.33. The van der Waals surface area contributed by atoms with Crippen LogP contribution >= 0.6 is 11.3 Å². The monoisotopic (exact) mass is 251 g/mol. The predicted octanol–water partition coefficient (Wildman–Crippen LogP) is 1.94. The number of aromatic nitrogens is 3. The van der Waals surface area contributed by atoms with Gasteiger partial charge in [0, 0.05) is 18.1 Å². The van der Waals surface area contributed by atoms with Crippen LogP contribution in [0, 0.1) is 6.92 Å². The molecule has 5 nitrogen and oxygen atoms in total. The summed E-state index contributed by atoms with van der Waals surface area (Å²) in [5.41, 5.74) is 7.49. The third-order valence-electron chi connectivity index (χ3n) is 2.63. The van der Waals surface area contributed by atoms with Crippen LogP contribution in [0.15, 0.2) is 6.20 Å².